The number of fused-ring (bicyclic) bond motifs is 6. The molecule has 0 spiro atoms. The number of anilines is 1. The standard InChI is InChI=1S/C31H35N3O2/c1-21-11-14-30(29-15-22(2)32-31(21)29)36-20-28(35)19-33-17-27-10-6-5-9-26(33)18-34(27)25-13-12-23-7-3-4-8-24(23)16-25/h3-8,11-16,26-28,32,35H,9-10,17-20H2,1-2H3/b6-5-. The number of aromatic amines is 1. The minimum Gasteiger partial charge on any atom is -0.490 e. The van der Waals surface area contributed by atoms with Crippen molar-refractivity contribution >= 4 is 27.4 Å². The summed E-state index contributed by atoms with van der Waals surface area (Å²) in [6.07, 6.45) is 6.15. The highest BCUT2D eigenvalue weighted by Crippen LogP contribution is 2.32. The average molecular weight is 482 g/mol. The summed E-state index contributed by atoms with van der Waals surface area (Å²) in [5.74, 6) is 0.832. The Labute approximate surface area is 213 Å². The van der Waals surface area contributed by atoms with Gasteiger partial charge in [-0.05, 0) is 67.3 Å². The number of aromatic nitrogens is 1. The number of benzene rings is 3. The fraction of sp³-hybridized carbons (Fsp3) is 0.355. The van der Waals surface area contributed by atoms with Crippen LogP contribution >= 0.6 is 0 Å². The summed E-state index contributed by atoms with van der Waals surface area (Å²) in [5, 5.41) is 14.6. The van der Waals surface area contributed by atoms with Crippen LogP contribution in [0.5, 0.6) is 5.75 Å². The normalized spacial score (nSPS) is 22.0. The maximum absolute atomic E-state index is 11.0. The number of rotatable bonds is 6. The number of piperazine rings is 1. The Morgan fingerprint density at radius 2 is 1.75 bits per heavy atom. The number of nitrogens with zero attached hydrogens (tertiary/aromatic N) is 2. The largest absolute Gasteiger partial charge is 0.490 e. The van der Waals surface area contributed by atoms with Crippen molar-refractivity contribution in [1.82, 2.24) is 9.88 Å². The second-order valence-electron chi connectivity index (χ2n) is 10.5. The first-order chi connectivity index (χ1) is 17.5. The highest BCUT2D eigenvalue weighted by atomic mass is 16.5. The monoisotopic (exact) mass is 481 g/mol. The van der Waals surface area contributed by atoms with E-state index < -0.39 is 6.10 Å². The molecular weight excluding hydrogens is 446 g/mol. The van der Waals surface area contributed by atoms with Gasteiger partial charge in [0.05, 0.1) is 5.52 Å². The zero-order chi connectivity index (χ0) is 24.6. The number of nitrogens with one attached hydrogen (secondary N) is 1. The van der Waals surface area contributed by atoms with E-state index in [9.17, 15) is 5.11 Å². The second-order valence-corrected chi connectivity index (χ2v) is 10.5. The van der Waals surface area contributed by atoms with Crippen molar-refractivity contribution in [2.45, 2.75) is 44.9 Å². The summed E-state index contributed by atoms with van der Waals surface area (Å²) in [6.45, 7) is 7.00. The Morgan fingerprint density at radius 3 is 2.61 bits per heavy atom. The Kier molecular flexibility index (Phi) is 6.20. The van der Waals surface area contributed by atoms with Gasteiger partial charge in [-0.1, -0.05) is 48.6 Å². The van der Waals surface area contributed by atoms with Crippen LogP contribution in [0.1, 0.15) is 24.1 Å². The van der Waals surface area contributed by atoms with E-state index in [1.165, 1.54) is 22.0 Å². The van der Waals surface area contributed by atoms with E-state index in [1.54, 1.807) is 0 Å². The van der Waals surface area contributed by atoms with Crippen molar-refractivity contribution in [3.05, 3.63) is 84.1 Å². The lowest BCUT2D eigenvalue weighted by molar-refractivity contribution is 0.0409. The molecule has 36 heavy (non-hydrogen) atoms. The number of H-pyrrole nitrogens is 1. The van der Waals surface area contributed by atoms with E-state index in [0.717, 1.165) is 48.3 Å². The van der Waals surface area contributed by atoms with Gasteiger partial charge in [-0.3, -0.25) is 4.90 Å². The smallest absolute Gasteiger partial charge is 0.128 e. The molecular formula is C31H35N3O2. The van der Waals surface area contributed by atoms with Crippen LogP contribution in [0.15, 0.2) is 72.8 Å². The van der Waals surface area contributed by atoms with Crippen molar-refractivity contribution in [3.8, 4) is 5.75 Å². The van der Waals surface area contributed by atoms with Crippen LogP contribution in [0, 0.1) is 13.8 Å². The molecule has 3 atom stereocenters. The third kappa shape index (κ3) is 4.49. The molecule has 1 aromatic heterocycles. The molecule has 3 aliphatic heterocycles. The van der Waals surface area contributed by atoms with Crippen molar-refractivity contribution in [3.63, 3.8) is 0 Å². The van der Waals surface area contributed by atoms with Crippen LogP contribution in [0.2, 0.25) is 0 Å². The first-order valence-corrected chi connectivity index (χ1v) is 13.1. The fourth-order valence-corrected chi connectivity index (χ4v) is 5.94. The van der Waals surface area contributed by atoms with Crippen LogP contribution < -0.4 is 9.64 Å². The van der Waals surface area contributed by atoms with E-state index in [1.807, 2.05) is 6.07 Å². The van der Waals surface area contributed by atoms with Gasteiger partial charge in [0.25, 0.3) is 0 Å². The molecule has 3 aromatic carbocycles. The van der Waals surface area contributed by atoms with Crippen LogP contribution in [-0.4, -0.2) is 59.4 Å². The van der Waals surface area contributed by atoms with Crippen LogP contribution in [0.25, 0.3) is 21.7 Å². The molecule has 2 N–H and O–H groups in total. The van der Waals surface area contributed by atoms with Gasteiger partial charge in [-0.2, -0.15) is 0 Å². The number of aliphatic hydroxyl groups is 1. The minimum absolute atomic E-state index is 0.292. The minimum atomic E-state index is -0.542. The molecule has 0 radical (unpaired) electrons. The van der Waals surface area contributed by atoms with E-state index in [4.69, 9.17) is 4.74 Å². The number of aryl methyl sites for hydroxylation is 2. The van der Waals surface area contributed by atoms with Crippen molar-refractivity contribution in [1.29, 1.82) is 0 Å². The van der Waals surface area contributed by atoms with Crippen molar-refractivity contribution < 1.29 is 9.84 Å². The van der Waals surface area contributed by atoms with Gasteiger partial charge in [0.2, 0.25) is 0 Å². The Balaban J connectivity index is 1.14. The molecule has 186 valence electrons. The predicted octanol–water partition coefficient (Wildman–Crippen LogP) is 5.59. The number of ether oxygens (including phenoxy) is 1. The van der Waals surface area contributed by atoms with Crippen LogP contribution in [0.3, 0.4) is 0 Å². The Hall–Kier alpha value is -3.28. The third-order valence-electron chi connectivity index (χ3n) is 7.83. The Morgan fingerprint density at radius 1 is 0.944 bits per heavy atom. The summed E-state index contributed by atoms with van der Waals surface area (Å²) >= 11 is 0. The molecule has 3 unspecified atom stereocenters. The molecule has 1 saturated heterocycles. The molecule has 2 bridgehead atoms. The van der Waals surface area contributed by atoms with E-state index in [2.05, 4.69) is 95.4 Å². The molecule has 0 aliphatic carbocycles. The molecule has 4 heterocycles. The lowest BCUT2D eigenvalue weighted by atomic mass is 9.96. The summed E-state index contributed by atoms with van der Waals surface area (Å²) in [6, 6.07) is 22.4. The summed E-state index contributed by atoms with van der Waals surface area (Å²) < 4.78 is 6.14. The highest BCUT2D eigenvalue weighted by Gasteiger charge is 2.35. The summed E-state index contributed by atoms with van der Waals surface area (Å²) in [7, 11) is 0. The number of aliphatic hydroxyl groups excluding tert-OH is 1. The van der Waals surface area contributed by atoms with Crippen LogP contribution in [0.4, 0.5) is 5.69 Å². The highest BCUT2D eigenvalue weighted by molar-refractivity contribution is 5.89. The van der Waals surface area contributed by atoms with Crippen LogP contribution in [-0.2, 0) is 0 Å². The van der Waals surface area contributed by atoms with E-state index in [-0.39, 0.29) is 0 Å². The number of hydrogen-bond donors (Lipinski definition) is 2. The molecule has 0 saturated carbocycles. The van der Waals surface area contributed by atoms with Gasteiger partial charge >= 0.3 is 0 Å². The van der Waals surface area contributed by atoms with Crippen molar-refractivity contribution in [2.24, 2.45) is 0 Å². The zero-order valence-electron chi connectivity index (χ0n) is 21.2. The lowest BCUT2D eigenvalue weighted by Crippen LogP contribution is -2.60. The predicted molar refractivity (Wildman–Crippen MR) is 148 cm³/mol. The lowest BCUT2D eigenvalue weighted by Gasteiger charge is -2.48. The first kappa shape index (κ1) is 23.1. The topological polar surface area (TPSA) is 51.7 Å². The zero-order valence-corrected chi connectivity index (χ0v) is 21.2. The molecule has 5 nitrogen and oxygen atoms in total. The summed E-state index contributed by atoms with van der Waals surface area (Å²) in [4.78, 5) is 8.47. The van der Waals surface area contributed by atoms with Gasteiger partial charge < -0.3 is 19.7 Å². The molecule has 1 fully saturated rings. The van der Waals surface area contributed by atoms with Gasteiger partial charge in [-0.15, -0.1) is 0 Å². The van der Waals surface area contributed by atoms with Gasteiger partial charge in [0.15, 0.2) is 0 Å². The second kappa shape index (κ2) is 9.64. The average Bonchev–Trinajstić information content (AvgIpc) is 3.27. The van der Waals surface area contributed by atoms with E-state index >= 15 is 0 Å². The SMILES string of the molecule is Cc1cc2c(OCC(O)CN3CC4C/C=C\CC3CN4c3ccc4ccccc4c3)ccc(C)c2[nH]1. The van der Waals surface area contributed by atoms with E-state index in [0.29, 0.717) is 25.2 Å². The van der Waals surface area contributed by atoms with Gasteiger partial charge in [-0.25, -0.2) is 0 Å². The maximum atomic E-state index is 11.0. The Bertz CT molecular complexity index is 1410. The summed E-state index contributed by atoms with van der Waals surface area (Å²) in [5.41, 5.74) is 4.73. The molecule has 7 rings (SSSR count). The van der Waals surface area contributed by atoms with Gasteiger partial charge in [0.1, 0.15) is 18.5 Å². The fourth-order valence-electron chi connectivity index (χ4n) is 5.94. The maximum Gasteiger partial charge on any atom is 0.128 e. The molecule has 0 amide bonds. The third-order valence-corrected chi connectivity index (χ3v) is 7.83. The molecule has 4 aromatic rings. The van der Waals surface area contributed by atoms with Crippen molar-refractivity contribution in [2.75, 3.05) is 31.1 Å². The van der Waals surface area contributed by atoms with Gasteiger partial charge in [0, 0.05) is 48.5 Å². The molecule has 3 aliphatic rings. The quantitative estimate of drug-likeness (QED) is 0.353. The number of hydrogen-bond acceptors (Lipinski definition) is 4. The molecule has 5 heteroatoms. The first-order valence-electron chi connectivity index (χ1n) is 13.1.